The first kappa shape index (κ1) is 19.3. The van der Waals surface area contributed by atoms with Gasteiger partial charge < -0.3 is 8.83 Å². The van der Waals surface area contributed by atoms with Gasteiger partial charge in [-0.2, -0.15) is 0 Å². The molecular weight excluding hydrogens is 641 g/mol. The van der Waals surface area contributed by atoms with Crippen LogP contribution in [-0.2, 0) is 0 Å². The van der Waals surface area contributed by atoms with Crippen molar-refractivity contribution in [2.75, 3.05) is 0 Å². The lowest BCUT2D eigenvalue weighted by Gasteiger charge is -2.13. The van der Waals surface area contributed by atoms with Gasteiger partial charge in [0.15, 0.2) is 23.1 Å². The van der Waals surface area contributed by atoms with Crippen LogP contribution in [0.3, 0.4) is 0 Å². The highest BCUT2D eigenvalue weighted by molar-refractivity contribution is 6.27. The molecule has 3 heterocycles. The summed E-state index contributed by atoms with van der Waals surface area (Å²) in [5.74, 6) is 0.0559. The number of para-hydroxylation sites is 1. The Morgan fingerprint density at radius 1 is 0.442 bits per heavy atom. The van der Waals surface area contributed by atoms with Crippen molar-refractivity contribution >= 4 is 65.4 Å². The number of furan rings is 1. The fourth-order valence-corrected chi connectivity index (χ4v) is 6.68. The molecule has 11 rings (SSSR count). The number of benzene rings is 8. The summed E-state index contributed by atoms with van der Waals surface area (Å²) < 4.78 is 119. The molecule has 0 N–H and O–H groups in total. The number of nitrogens with zero attached hydrogens (tertiary/aromatic N) is 4. The molecule has 6 heteroatoms. The van der Waals surface area contributed by atoms with Gasteiger partial charge in [-0.05, 0) is 63.9 Å². The molecule has 11 aromatic rings. The average molecular weight is 679 g/mol. The van der Waals surface area contributed by atoms with E-state index < -0.39 is 77.9 Å². The smallest absolute Gasteiger partial charge is 0.227 e. The van der Waals surface area contributed by atoms with E-state index in [0.717, 1.165) is 10.8 Å². The lowest BCUT2D eigenvalue weighted by molar-refractivity contribution is 0.623. The third-order valence-corrected chi connectivity index (χ3v) is 9.04. The SMILES string of the molecule is [2H]c1ccc2c(c([2H])c([2H])c3c([2H])c([2H])c4c([2H])c([2H])c5nc(-c6c([2H])c([2H])c([2H])c([2H])c6[2H])oc5c4c32)c1-c1nc(-c2ccccc2)nc(-c2ccc3oc4ccccc4c3c2)n1. The monoisotopic (exact) mass is 678 g/mol. The van der Waals surface area contributed by atoms with E-state index in [1.54, 1.807) is 0 Å². The summed E-state index contributed by atoms with van der Waals surface area (Å²) in [5, 5.41) is 1.65. The topological polar surface area (TPSA) is 77.8 Å². The number of oxazole rings is 1. The second-order valence-electron chi connectivity index (χ2n) is 12.1. The summed E-state index contributed by atoms with van der Waals surface area (Å²) in [7, 11) is 0. The highest BCUT2D eigenvalue weighted by atomic mass is 16.3. The van der Waals surface area contributed by atoms with E-state index in [1.807, 2.05) is 72.8 Å². The minimum absolute atomic E-state index is 0.000670. The molecule has 0 bridgehead atoms. The van der Waals surface area contributed by atoms with Gasteiger partial charge in [0.2, 0.25) is 5.89 Å². The van der Waals surface area contributed by atoms with Crippen molar-refractivity contribution in [2.24, 2.45) is 0 Å². The summed E-state index contributed by atoms with van der Waals surface area (Å²) in [6.45, 7) is 0. The molecule has 0 unspecified atom stereocenters. The lowest BCUT2D eigenvalue weighted by Crippen LogP contribution is -2.00. The third-order valence-electron chi connectivity index (χ3n) is 9.04. The maximum absolute atomic E-state index is 9.49. The largest absolute Gasteiger partial charge is 0.456 e. The van der Waals surface area contributed by atoms with Crippen molar-refractivity contribution in [2.45, 2.75) is 0 Å². The van der Waals surface area contributed by atoms with Crippen molar-refractivity contribution in [3.63, 3.8) is 0 Å². The Labute approximate surface area is 313 Å². The molecule has 52 heavy (non-hydrogen) atoms. The van der Waals surface area contributed by atoms with Crippen molar-refractivity contribution < 1.29 is 25.3 Å². The predicted molar refractivity (Wildman–Crippen MR) is 209 cm³/mol. The van der Waals surface area contributed by atoms with Crippen LogP contribution in [-0.4, -0.2) is 19.9 Å². The number of aromatic nitrogens is 4. The molecule has 3 aromatic heterocycles. The highest BCUT2D eigenvalue weighted by Crippen LogP contribution is 2.40. The summed E-state index contributed by atoms with van der Waals surface area (Å²) in [6.07, 6.45) is 0. The van der Waals surface area contributed by atoms with Crippen molar-refractivity contribution in [1.29, 1.82) is 0 Å². The Balaban J connectivity index is 1.26. The Morgan fingerprint density at radius 2 is 1.15 bits per heavy atom. The zero-order chi connectivity index (χ0) is 44.6. The van der Waals surface area contributed by atoms with E-state index in [4.69, 9.17) is 36.1 Å². The van der Waals surface area contributed by atoms with Gasteiger partial charge >= 0.3 is 0 Å². The fraction of sp³-hybridized carbons (Fsp3) is 0. The van der Waals surface area contributed by atoms with Crippen LogP contribution in [0.1, 0.15) is 16.4 Å². The molecule has 0 spiro atoms. The molecule has 0 saturated carbocycles. The number of rotatable bonds is 4. The maximum atomic E-state index is 9.49. The Bertz CT molecular complexity index is 3860. The maximum Gasteiger partial charge on any atom is 0.227 e. The first-order valence-corrected chi connectivity index (χ1v) is 16.2. The number of fused-ring (bicyclic) bond motifs is 10. The van der Waals surface area contributed by atoms with Gasteiger partial charge in [0.05, 0.1) is 16.4 Å². The molecule has 0 aliphatic heterocycles. The second kappa shape index (κ2) is 11.2. The van der Waals surface area contributed by atoms with Crippen LogP contribution in [0.4, 0.5) is 0 Å². The van der Waals surface area contributed by atoms with E-state index in [-0.39, 0.29) is 72.5 Å². The van der Waals surface area contributed by atoms with Crippen molar-refractivity contribution in [3.05, 3.63) is 157 Å². The van der Waals surface area contributed by atoms with Gasteiger partial charge in [-0.3, -0.25) is 0 Å². The molecule has 0 radical (unpaired) electrons. The molecule has 0 atom stereocenters. The van der Waals surface area contributed by atoms with Gasteiger partial charge in [-0.1, -0.05) is 115 Å². The quantitative estimate of drug-likeness (QED) is 0.172. The third kappa shape index (κ3) is 4.44. The molecule has 0 aliphatic carbocycles. The summed E-state index contributed by atoms with van der Waals surface area (Å²) >= 11 is 0. The summed E-state index contributed by atoms with van der Waals surface area (Å²) in [6, 6.07) is 19.1. The average Bonchev–Trinajstić information content (AvgIpc) is 3.91. The summed E-state index contributed by atoms with van der Waals surface area (Å²) in [5.41, 5.74) is 1.83. The predicted octanol–water partition coefficient (Wildman–Crippen LogP) is 12.0. The van der Waals surface area contributed by atoms with Crippen molar-refractivity contribution in [1.82, 2.24) is 19.9 Å². The van der Waals surface area contributed by atoms with Gasteiger partial charge in [0.1, 0.15) is 16.7 Å². The zero-order valence-corrected chi connectivity index (χ0v) is 26.7. The van der Waals surface area contributed by atoms with Gasteiger partial charge in [0, 0.05) is 43.8 Å². The van der Waals surface area contributed by atoms with Gasteiger partial charge in [-0.25, -0.2) is 19.9 Å². The minimum Gasteiger partial charge on any atom is -0.456 e. The zero-order valence-electron chi connectivity index (χ0n) is 38.7. The molecule has 8 aromatic carbocycles. The Hall–Kier alpha value is -7.18. The Morgan fingerprint density at radius 3 is 2.04 bits per heavy atom. The van der Waals surface area contributed by atoms with Crippen LogP contribution in [0.5, 0.6) is 0 Å². The van der Waals surface area contributed by atoms with Crippen molar-refractivity contribution in [3.8, 4) is 45.6 Å². The lowest BCUT2D eigenvalue weighted by atomic mass is 9.93. The molecule has 0 fully saturated rings. The molecule has 6 nitrogen and oxygen atoms in total. The molecular formula is C46H26N4O2. The van der Waals surface area contributed by atoms with Crippen LogP contribution < -0.4 is 0 Å². The van der Waals surface area contributed by atoms with Crippen LogP contribution in [0.2, 0.25) is 0 Å². The Kier molecular flexibility index (Phi) is 4.14. The van der Waals surface area contributed by atoms with Crippen LogP contribution >= 0.6 is 0 Å². The molecule has 0 saturated heterocycles. The number of hydrogen-bond acceptors (Lipinski definition) is 6. The van der Waals surface area contributed by atoms with Crippen LogP contribution in [0, 0.1) is 0 Å². The molecule has 0 aliphatic rings. The van der Waals surface area contributed by atoms with E-state index in [0.29, 0.717) is 22.3 Å². The molecule has 0 amide bonds. The van der Waals surface area contributed by atoms with Crippen LogP contribution in [0.25, 0.3) is 111 Å². The second-order valence-corrected chi connectivity index (χ2v) is 12.1. The highest BCUT2D eigenvalue weighted by Gasteiger charge is 2.19. The summed E-state index contributed by atoms with van der Waals surface area (Å²) in [4.78, 5) is 19.1. The van der Waals surface area contributed by atoms with E-state index >= 15 is 0 Å². The van der Waals surface area contributed by atoms with E-state index in [1.165, 1.54) is 12.1 Å². The first-order chi connectivity index (χ1) is 30.7. The van der Waals surface area contributed by atoms with Gasteiger partial charge in [-0.15, -0.1) is 0 Å². The standard InChI is InChI=1S/C46H26N4O2/c1-3-10-29(11-4-1)43-48-44(31-22-25-39-36(26-31)33-14-7-8-17-38(33)51-39)50-45(49-43)35-16-9-15-34-32(35)23-20-27-18-19-28-21-24-37-42(41(28)40(27)34)52-46(47-37)30-12-5-2-6-13-30/h1-26H/i2D,5D,6D,12D,13D,16D,18D,19D,20D,21D,23D,24D. The number of hydrogen-bond donors (Lipinski definition) is 0. The van der Waals surface area contributed by atoms with Gasteiger partial charge in [0.25, 0.3) is 0 Å². The molecule has 242 valence electrons. The van der Waals surface area contributed by atoms with E-state index in [2.05, 4.69) is 4.98 Å². The minimum atomic E-state index is -0.646. The fourth-order valence-electron chi connectivity index (χ4n) is 6.68. The first-order valence-electron chi connectivity index (χ1n) is 22.2. The van der Waals surface area contributed by atoms with Crippen LogP contribution in [0.15, 0.2) is 166 Å². The van der Waals surface area contributed by atoms with E-state index in [9.17, 15) is 4.11 Å². The normalized spacial score (nSPS) is 15.1.